The van der Waals surface area contributed by atoms with E-state index in [-0.39, 0.29) is 0 Å². The monoisotopic (exact) mass is 774 g/mol. The lowest BCUT2D eigenvalue weighted by atomic mass is 9.67. The molecule has 0 radical (unpaired) electrons. The van der Waals surface area contributed by atoms with Crippen molar-refractivity contribution in [2.24, 2.45) is 0 Å². The molecule has 0 aliphatic heterocycles. The number of aromatic nitrogens is 2. The van der Waals surface area contributed by atoms with Crippen molar-refractivity contribution in [2.75, 3.05) is 0 Å². The van der Waals surface area contributed by atoms with Gasteiger partial charge in [0.25, 0.3) is 0 Å². The zero-order valence-corrected chi connectivity index (χ0v) is 33.3. The summed E-state index contributed by atoms with van der Waals surface area (Å²) in [6.45, 7) is 0. The van der Waals surface area contributed by atoms with E-state index in [2.05, 4.69) is 240 Å². The van der Waals surface area contributed by atoms with E-state index in [0.717, 1.165) is 11.4 Å². The second-order valence-corrected chi connectivity index (χ2v) is 16.4. The number of rotatable bonds is 5. The number of nitrogens with zero attached hydrogens (tertiary/aromatic N) is 2. The van der Waals surface area contributed by atoms with E-state index in [1.807, 2.05) is 0 Å². The highest BCUT2D eigenvalue weighted by Crippen LogP contribution is 2.57. The first-order valence-electron chi connectivity index (χ1n) is 21.2. The Bertz CT molecular complexity index is 3650. The number of para-hydroxylation sites is 2. The van der Waals surface area contributed by atoms with Crippen molar-refractivity contribution in [2.45, 2.75) is 5.41 Å². The Morgan fingerprint density at radius 2 is 0.902 bits per heavy atom. The van der Waals surface area contributed by atoms with Gasteiger partial charge in [0.1, 0.15) is 0 Å². The molecule has 2 aromatic heterocycles. The third kappa shape index (κ3) is 4.79. The quantitative estimate of drug-likeness (QED) is 0.154. The maximum atomic E-state index is 2.49. The van der Waals surface area contributed by atoms with Crippen molar-refractivity contribution in [3.8, 4) is 33.6 Å². The molecule has 2 nitrogen and oxygen atoms in total. The number of hydrogen-bond acceptors (Lipinski definition) is 0. The first-order valence-corrected chi connectivity index (χ1v) is 21.2. The molecule has 0 saturated carbocycles. The third-order valence-electron chi connectivity index (χ3n) is 13.4. The van der Waals surface area contributed by atoms with Crippen LogP contribution in [0.3, 0.4) is 0 Å². The fourth-order valence-electron chi connectivity index (χ4n) is 10.8. The van der Waals surface area contributed by atoms with Gasteiger partial charge in [0, 0.05) is 33.7 Å². The first kappa shape index (κ1) is 34.0. The van der Waals surface area contributed by atoms with Crippen LogP contribution >= 0.6 is 0 Å². The predicted molar refractivity (Wildman–Crippen MR) is 255 cm³/mol. The van der Waals surface area contributed by atoms with E-state index in [0.29, 0.717) is 0 Å². The van der Waals surface area contributed by atoms with Gasteiger partial charge in [-0.25, -0.2) is 0 Å². The summed E-state index contributed by atoms with van der Waals surface area (Å²) in [5.74, 6) is 0. The Balaban J connectivity index is 1.09. The fraction of sp³-hybridized carbons (Fsp3) is 0.0169. The van der Waals surface area contributed by atoms with Crippen LogP contribution in [-0.4, -0.2) is 9.13 Å². The summed E-state index contributed by atoms with van der Waals surface area (Å²) in [6.07, 6.45) is 2.20. The van der Waals surface area contributed by atoms with Gasteiger partial charge >= 0.3 is 0 Å². The van der Waals surface area contributed by atoms with E-state index < -0.39 is 5.41 Å². The second-order valence-electron chi connectivity index (χ2n) is 16.4. The van der Waals surface area contributed by atoms with Crippen LogP contribution in [0, 0.1) is 0 Å². The standard InChI is InChI=1S/C59H38N2/c1-4-17-42(18-5-1)59(43-19-6-2-7-20-43)53-37-41(28-31-48(53)49-32-30-45(38-54(49)59)60-35-34-39-16-10-15-27-55(39)60)40-29-33-56-52(36-40)57-50-25-13-11-23-46(50)47-24-12-14-26-51(47)58(57)61(56)44-21-8-3-9-22-44/h1-38H. The number of benzene rings is 10. The van der Waals surface area contributed by atoms with Gasteiger partial charge in [-0.1, -0.05) is 170 Å². The summed E-state index contributed by atoms with van der Waals surface area (Å²) < 4.78 is 4.81. The highest BCUT2D eigenvalue weighted by molar-refractivity contribution is 6.32. The number of fused-ring (bicyclic) bond motifs is 12. The van der Waals surface area contributed by atoms with E-state index >= 15 is 0 Å². The zero-order chi connectivity index (χ0) is 40.1. The van der Waals surface area contributed by atoms with Crippen LogP contribution in [0.25, 0.3) is 87.9 Å². The van der Waals surface area contributed by atoms with Crippen LogP contribution in [0.4, 0.5) is 0 Å². The van der Waals surface area contributed by atoms with E-state index in [1.54, 1.807) is 0 Å². The minimum atomic E-state index is -0.551. The van der Waals surface area contributed by atoms with Crippen LogP contribution in [0.5, 0.6) is 0 Å². The van der Waals surface area contributed by atoms with E-state index in [9.17, 15) is 0 Å². The van der Waals surface area contributed by atoms with E-state index in [1.165, 1.54) is 98.8 Å². The minimum Gasteiger partial charge on any atom is -0.317 e. The molecular weight excluding hydrogens is 737 g/mol. The maximum Gasteiger partial charge on any atom is 0.0714 e. The smallest absolute Gasteiger partial charge is 0.0714 e. The molecule has 0 fully saturated rings. The highest BCUT2D eigenvalue weighted by Gasteiger charge is 2.46. The van der Waals surface area contributed by atoms with Crippen LogP contribution < -0.4 is 0 Å². The molecule has 10 aromatic carbocycles. The molecule has 284 valence electrons. The molecule has 61 heavy (non-hydrogen) atoms. The molecule has 0 unspecified atom stereocenters. The molecule has 1 aliphatic carbocycles. The van der Waals surface area contributed by atoms with Crippen LogP contribution in [0.15, 0.2) is 231 Å². The third-order valence-corrected chi connectivity index (χ3v) is 13.4. The fourth-order valence-corrected chi connectivity index (χ4v) is 10.8. The highest BCUT2D eigenvalue weighted by atomic mass is 15.0. The summed E-state index contributed by atoms with van der Waals surface area (Å²) in [4.78, 5) is 0. The largest absolute Gasteiger partial charge is 0.317 e. The van der Waals surface area contributed by atoms with Crippen LogP contribution in [0.2, 0.25) is 0 Å². The van der Waals surface area contributed by atoms with Gasteiger partial charge in [-0.15, -0.1) is 0 Å². The topological polar surface area (TPSA) is 9.86 Å². The molecule has 2 heterocycles. The summed E-state index contributed by atoms with van der Waals surface area (Å²) >= 11 is 0. The minimum absolute atomic E-state index is 0.551. The average Bonchev–Trinajstić information content (AvgIpc) is 4.01. The first-order chi connectivity index (χ1) is 30.3. The van der Waals surface area contributed by atoms with Gasteiger partial charge in [0.05, 0.1) is 22.0 Å². The SMILES string of the molecule is c1ccc(-n2c3ccc(-c4ccc5c(c4)C(c4ccccc4)(c4ccccc4)c4cc(-n6ccc7ccccc76)ccc4-5)cc3c3c4ccccc4c4ccccc4c32)cc1. The van der Waals surface area contributed by atoms with Crippen molar-refractivity contribution < 1.29 is 0 Å². The molecular formula is C59H38N2. The molecule has 2 heteroatoms. The van der Waals surface area contributed by atoms with Crippen molar-refractivity contribution in [1.29, 1.82) is 0 Å². The van der Waals surface area contributed by atoms with Gasteiger partial charge in [-0.05, 0) is 121 Å². The molecule has 12 aromatic rings. The van der Waals surface area contributed by atoms with Gasteiger partial charge in [-0.2, -0.15) is 0 Å². The average molecular weight is 775 g/mol. The van der Waals surface area contributed by atoms with Crippen molar-refractivity contribution in [3.05, 3.63) is 253 Å². The van der Waals surface area contributed by atoms with Gasteiger partial charge < -0.3 is 9.13 Å². The summed E-state index contributed by atoms with van der Waals surface area (Å²) in [5, 5.41) is 8.86. The van der Waals surface area contributed by atoms with Gasteiger partial charge in [-0.3, -0.25) is 0 Å². The van der Waals surface area contributed by atoms with Gasteiger partial charge in [0.15, 0.2) is 0 Å². The molecule has 0 saturated heterocycles. The Morgan fingerprint density at radius 3 is 1.64 bits per heavy atom. The molecule has 13 rings (SSSR count). The lowest BCUT2D eigenvalue weighted by molar-refractivity contribution is 0.767. The van der Waals surface area contributed by atoms with Crippen LogP contribution in [0.1, 0.15) is 22.3 Å². The lowest BCUT2D eigenvalue weighted by Crippen LogP contribution is -2.28. The van der Waals surface area contributed by atoms with E-state index in [4.69, 9.17) is 0 Å². The predicted octanol–water partition coefficient (Wildman–Crippen LogP) is 15.1. The second kappa shape index (κ2) is 13.0. The molecule has 1 aliphatic rings. The number of hydrogen-bond donors (Lipinski definition) is 0. The van der Waals surface area contributed by atoms with Crippen LogP contribution in [-0.2, 0) is 5.41 Å². The maximum absolute atomic E-state index is 2.49. The molecule has 0 spiro atoms. The molecule has 0 amide bonds. The van der Waals surface area contributed by atoms with Gasteiger partial charge in [0.2, 0.25) is 0 Å². The Labute approximate surface area is 353 Å². The Morgan fingerprint density at radius 1 is 0.344 bits per heavy atom. The normalized spacial score (nSPS) is 13.0. The molecule has 0 atom stereocenters. The summed E-state index contributed by atoms with van der Waals surface area (Å²) in [5.41, 5.74) is 15.5. The lowest BCUT2D eigenvalue weighted by Gasteiger charge is -2.34. The summed E-state index contributed by atoms with van der Waals surface area (Å²) in [6, 6.07) is 83.2. The molecule has 0 N–H and O–H groups in total. The Hall–Kier alpha value is -7.94. The summed E-state index contributed by atoms with van der Waals surface area (Å²) in [7, 11) is 0. The Kier molecular flexibility index (Phi) is 7.26. The van der Waals surface area contributed by atoms with Crippen molar-refractivity contribution >= 4 is 54.3 Å². The zero-order valence-electron chi connectivity index (χ0n) is 33.3. The van der Waals surface area contributed by atoms with Crippen molar-refractivity contribution in [3.63, 3.8) is 0 Å². The van der Waals surface area contributed by atoms with Crippen molar-refractivity contribution in [1.82, 2.24) is 9.13 Å². The molecule has 0 bridgehead atoms.